The van der Waals surface area contributed by atoms with Gasteiger partial charge in [-0.05, 0) is 12.3 Å². The molecular formula is C15H21FO2S2. The Hall–Kier alpha value is -0.550. The fraction of sp³-hybridized carbons (Fsp3) is 0.667. The van der Waals surface area contributed by atoms with E-state index in [1.807, 2.05) is 0 Å². The molecule has 0 saturated heterocycles. The Morgan fingerprint density at radius 2 is 2.20 bits per heavy atom. The summed E-state index contributed by atoms with van der Waals surface area (Å²) in [4.78, 5) is 13.2. The van der Waals surface area contributed by atoms with Crippen molar-refractivity contribution >= 4 is 29.1 Å². The van der Waals surface area contributed by atoms with E-state index < -0.39 is 5.97 Å². The summed E-state index contributed by atoms with van der Waals surface area (Å²) >= 11 is 2.96. The molecule has 1 aliphatic rings. The van der Waals surface area contributed by atoms with Gasteiger partial charge in [0.1, 0.15) is 4.88 Å². The Morgan fingerprint density at radius 3 is 2.85 bits per heavy atom. The predicted molar refractivity (Wildman–Crippen MR) is 82.9 cm³/mol. The molecule has 2 nitrogen and oxygen atoms in total. The number of fused-ring (bicyclic) bond motifs is 1. The molecule has 5 heteroatoms. The predicted octanol–water partition coefficient (Wildman–Crippen LogP) is 5.01. The summed E-state index contributed by atoms with van der Waals surface area (Å²) in [6, 6.07) is 0. The third-order valence-electron chi connectivity index (χ3n) is 3.68. The summed E-state index contributed by atoms with van der Waals surface area (Å²) in [5, 5.41) is 0. The summed E-state index contributed by atoms with van der Waals surface area (Å²) in [6.45, 7) is 4.66. The first-order chi connectivity index (χ1) is 9.67. The van der Waals surface area contributed by atoms with E-state index in [0.29, 0.717) is 23.8 Å². The van der Waals surface area contributed by atoms with Gasteiger partial charge in [-0.3, -0.25) is 0 Å². The average molecular weight is 316 g/mol. The second kappa shape index (κ2) is 7.46. The van der Waals surface area contributed by atoms with Crippen molar-refractivity contribution in [2.75, 3.05) is 6.61 Å². The Kier molecular flexibility index (Phi) is 5.90. The molecule has 20 heavy (non-hydrogen) atoms. The number of thiophene rings is 1. The third kappa shape index (κ3) is 3.55. The van der Waals surface area contributed by atoms with Gasteiger partial charge in [-0.25, -0.2) is 9.18 Å². The largest absolute Gasteiger partial charge is 0.461 e. The molecule has 1 aromatic rings. The van der Waals surface area contributed by atoms with Crippen LogP contribution in [0.1, 0.15) is 59.6 Å². The van der Waals surface area contributed by atoms with E-state index in [9.17, 15) is 9.18 Å². The lowest BCUT2D eigenvalue weighted by molar-refractivity contribution is 0.0429. The highest BCUT2D eigenvalue weighted by Crippen LogP contribution is 2.39. The highest BCUT2D eigenvalue weighted by molar-refractivity contribution is 7.98. The minimum Gasteiger partial charge on any atom is -0.461 e. The molecule has 0 N–H and O–H groups in total. The van der Waals surface area contributed by atoms with Gasteiger partial charge in [-0.1, -0.05) is 33.1 Å². The molecule has 0 bridgehead atoms. The van der Waals surface area contributed by atoms with Gasteiger partial charge in [-0.15, -0.1) is 11.3 Å². The van der Waals surface area contributed by atoms with Crippen molar-refractivity contribution in [3.05, 3.63) is 21.1 Å². The minimum absolute atomic E-state index is 0.167. The highest BCUT2D eigenvalue weighted by Gasteiger charge is 2.27. The van der Waals surface area contributed by atoms with Crippen molar-refractivity contribution in [2.45, 2.75) is 51.0 Å². The van der Waals surface area contributed by atoms with Gasteiger partial charge in [0.05, 0.1) is 6.61 Å². The number of hydrogen-bond acceptors (Lipinski definition) is 4. The maximum absolute atomic E-state index is 14.1. The molecule has 0 saturated carbocycles. The van der Waals surface area contributed by atoms with Crippen molar-refractivity contribution in [1.82, 2.24) is 0 Å². The fourth-order valence-corrected chi connectivity index (χ4v) is 4.71. The van der Waals surface area contributed by atoms with Crippen molar-refractivity contribution < 1.29 is 13.9 Å². The van der Waals surface area contributed by atoms with Crippen molar-refractivity contribution in [3.63, 3.8) is 0 Å². The second-order valence-corrected chi connectivity index (χ2v) is 7.25. The van der Waals surface area contributed by atoms with Crippen LogP contribution in [0.5, 0.6) is 0 Å². The van der Waals surface area contributed by atoms with Gasteiger partial charge in [0.2, 0.25) is 0 Å². The standard InChI is InChI=1S/C15H21FO2S2/c1-3-5-6-10(4-2)7-18-15(17)14-13(16)11-8-19-9-12(11)20-14/h10H,3-9H2,1-2H3. The van der Waals surface area contributed by atoms with E-state index in [2.05, 4.69) is 13.8 Å². The molecule has 1 atom stereocenters. The third-order valence-corrected chi connectivity index (χ3v) is 6.04. The van der Waals surface area contributed by atoms with Gasteiger partial charge in [0.15, 0.2) is 5.82 Å². The van der Waals surface area contributed by atoms with E-state index >= 15 is 0 Å². The minimum atomic E-state index is -0.484. The van der Waals surface area contributed by atoms with Crippen LogP contribution in [0.4, 0.5) is 4.39 Å². The molecule has 0 radical (unpaired) electrons. The van der Waals surface area contributed by atoms with E-state index in [1.54, 1.807) is 11.8 Å². The van der Waals surface area contributed by atoms with E-state index in [-0.39, 0.29) is 10.7 Å². The first kappa shape index (κ1) is 15.8. The molecule has 0 aliphatic carbocycles. The maximum atomic E-state index is 14.1. The molecule has 1 unspecified atom stereocenters. The number of carbonyl (C=O) groups is 1. The lowest BCUT2D eigenvalue weighted by atomic mass is 10.0. The molecule has 2 rings (SSSR count). The number of hydrogen-bond donors (Lipinski definition) is 0. The zero-order valence-corrected chi connectivity index (χ0v) is 13.7. The Bertz CT molecular complexity index is 471. The SMILES string of the molecule is CCCCC(CC)COC(=O)c1sc2c(c1F)CSC2. The van der Waals surface area contributed by atoms with Crippen LogP contribution in [-0.4, -0.2) is 12.6 Å². The second-order valence-electron chi connectivity index (χ2n) is 5.15. The number of esters is 1. The molecule has 0 amide bonds. The summed E-state index contributed by atoms with van der Waals surface area (Å²) < 4.78 is 19.4. The smallest absolute Gasteiger partial charge is 0.351 e. The van der Waals surface area contributed by atoms with Crippen molar-refractivity contribution in [3.8, 4) is 0 Å². The number of halogens is 1. The summed E-state index contributed by atoms with van der Waals surface area (Å²) in [7, 11) is 0. The summed E-state index contributed by atoms with van der Waals surface area (Å²) in [5.74, 6) is 1.06. The van der Waals surface area contributed by atoms with Crippen LogP contribution >= 0.6 is 23.1 Å². The number of thioether (sulfide) groups is 1. The number of ether oxygens (including phenoxy) is 1. The van der Waals surface area contributed by atoms with Gasteiger partial charge in [0, 0.05) is 21.9 Å². The van der Waals surface area contributed by atoms with Crippen LogP contribution < -0.4 is 0 Å². The Labute approximate surface area is 128 Å². The topological polar surface area (TPSA) is 26.3 Å². The first-order valence-electron chi connectivity index (χ1n) is 7.22. The van der Waals surface area contributed by atoms with Crippen LogP contribution in [0.25, 0.3) is 0 Å². The zero-order chi connectivity index (χ0) is 14.5. The Morgan fingerprint density at radius 1 is 1.40 bits per heavy atom. The van der Waals surface area contributed by atoms with E-state index in [1.165, 1.54) is 11.3 Å². The van der Waals surface area contributed by atoms with Gasteiger partial charge < -0.3 is 4.74 Å². The van der Waals surface area contributed by atoms with Crippen LogP contribution in [0.3, 0.4) is 0 Å². The van der Waals surface area contributed by atoms with Gasteiger partial charge in [-0.2, -0.15) is 11.8 Å². The van der Waals surface area contributed by atoms with Crippen molar-refractivity contribution in [2.24, 2.45) is 5.92 Å². The quantitative estimate of drug-likeness (QED) is 0.662. The van der Waals surface area contributed by atoms with E-state index in [4.69, 9.17) is 4.74 Å². The van der Waals surface area contributed by atoms with Crippen LogP contribution in [0.2, 0.25) is 0 Å². The molecule has 1 aliphatic heterocycles. The molecule has 112 valence electrons. The fourth-order valence-electron chi connectivity index (χ4n) is 2.28. The lowest BCUT2D eigenvalue weighted by Gasteiger charge is -2.14. The Balaban J connectivity index is 1.92. The van der Waals surface area contributed by atoms with Crippen LogP contribution in [0, 0.1) is 11.7 Å². The monoisotopic (exact) mass is 316 g/mol. The average Bonchev–Trinajstić information content (AvgIpc) is 3.02. The van der Waals surface area contributed by atoms with Gasteiger partial charge >= 0.3 is 5.97 Å². The first-order valence-corrected chi connectivity index (χ1v) is 9.19. The maximum Gasteiger partial charge on any atom is 0.351 e. The normalized spacial score (nSPS) is 15.2. The number of rotatable bonds is 7. The zero-order valence-electron chi connectivity index (χ0n) is 12.0. The molecule has 0 aromatic carbocycles. The molecule has 0 fully saturated rings. The summed E-state index contributed by atoms with van der Waals surface area (Å²) in [5.41, 5.74) is 0.713. The van der Waals surface area contributed by atoms with Gasteiger partial charge in [0.25, 0.3) is 0 Å². The lowest BCUT2D eigenvalue weighted by Crippen LogP contribution is -2.14. The molecule has 0 spiro atoms. The van der Waals surface area contributed by atoms with E-state index in [0.717, 1.165) is 36.3 Å². The number of unbranched alkanes of at least 4 members (excludes halogenated alkanes) is 1. The van der Waals surface area contributed by atoms with Crippen LogP contribution in [-0.2, 0) is 16.2 Å². The molecule has 2 heterocycles. The van der Waals surface area contributed by atoms with Crippen molar-refractivity contribution in [1.29, 1.82) is 0 Å². The van der Waals surface area contributed by atoms with Crippen LogP contribution in [0.15, 0.2) is 0 Å². The summed E-state index contributed by atoms with van der Waals surface area (Å²) in [6.07, 6.45) is 4.36. The number of carbonyl (C=O) groups excluding carboxylic acids is 1. The molecule has 1 aromatic heterocycles. The highest BCUT2D eigenvalue weighted by atomic mass is 32.2. The molecular weight excluding hydrogens is 295 g/mol.